The highest BCUT2D eigenvalue weighted by Gasteiger charge is 2.20. The predicted octanol–water partition coefficient (Wildman–Crippen LogP) is 4.10. The van der Waals surface area contributed by atoms with Crippen LogP contribution in [-0.4, -0.2) is 17.3 Å². The van der Waals surface area contributed by atoms with Gasteiger partial charge in [-0.25, -0.2) is 0 Å². The van der Waals surface area contributed by atoms with Gasteiger partial charge in [-0.15, -0.1) is 11.3 Å². The van der Waals surface area contributed by atoms with E-state index >= 15 is 0 Å². The quantitative estimate of drug-likeness (QED) is 0.833. The molecule has 2 aromatic rings. The summed E-state index contributed by atoms with van der Waals surface area (Å²) in [6.07, 6.45) is 1.84. The highest BCUT2D eigenvalue weighted by Crippen LogP contribution is 2.29. The molecule has 1 heterocycles. The summed E-state index contributed by atoms with van der Waals surface area (Å²) in [7, 11) is 0. The number of hydrogen-bond acceptors (Lipinski definition) is 3. The van der Waals surface area contributed by atoms with Crippen LogP contribution in [0.15, 0.2) is 30.3 Å². The van der Waals surface area contributed by atoms with Crippen molar-refractivity contribution in [3.05, 3.63) is 35.2 Å². The molecule has 0 aliphatic heterocycles. The van der Waals surface area contributed by atoms with Gasteiger partial charge in [-0.1, -0.05) is 31.5 Å². The van der Waals surface area contributed by atoms with Gasteiger partial charge in [-0.3, -0.25) is 0 Å². The van der Waals surface area contributed by atoms with E-state index in [0.29, 0.717) is 6.54 Å². The van der Waals surface area contributed by atoms with Gasteiger partial charge in [-0.2, -0.15) is 0 Å². The van der Waals surface area contributed by atoms with Crippen molar-refractivity contribution in [2.75, 3.05) is 6.54 Å². The number of aliphatic hydroxyl groups is 1. The molecule has 0 amide bonds. The maximum atomic E-state index is 10.2. The van der Waals surface area contributed by atoms with E-state index in [-0.39, 0.29) is 6.04 Å². The standard InChI is InChI=1S/C16H23NOS/c1-4-9-16(3,18)11-17-12(2)15-10-13-7-5-6-8-14(13)19-15/h5-8,10,12,17-18H,4,9,11H2,1-3H3. The first kappa shape index (κ1) is 14.5. The fraction of sp³-hybridized carbons (Fsp3) is 0.500. The molecule has 0 spiro atoms. The molecule has 0 saturated carbocycles. The molecule has 3 heteroatoms. The van der Waals surface area contributed by atoms with Gasteiger partial charge in [0.1, 0.15) is 0 Å². The van der Waals surface area contributed by atoms with Crippen molar-refractivity contribution in [2.24, 2.45) is 0 Å². The van der Waals surface area contributed by atoms with Crippen molar-refractivity contribution in [3.8, 4) is 0 Å². The maximum Gasteiger partial charge on any atom is 0.0743 e. The van der Waals surface area contributed by atoms with Crippen LogP contribution in [0, 0.1) is 0 Å². The van der Waals surface area contributed by atoms with Crippen molar-refractivity contribution >= 4 is 21.4 Å². The van der Waals surface area contributed by atoms with Gasteiger partial charge in [-0.05, 0) is 37.8 Å². The number of thiophene rings is 1. The molecule has 2 unspecified atom stereocenters. The van der Waals surface area contributed by atoms with E-state index in [9.17, 15) is 5.11 Å². The van der Waals surface area contributed by atoms with Gasteiger partial charge in [0.05, 0.1) is 5.60 Å². The molecular formula is C16H23NOS. The highest BCUT2D eigenvalue weighted by atomic mass is 32.1. The molecular weight excluding hydrogens is 254 g/mol. The van der Waals surface area contributed by atoms with Crippen molar-refractivity contribution in [2.45, 2.75) is 45.3 Å². The van der Waals surface area contributed by atoms with Crippen molar-refractivity contribution < 1.29 is 5.11 Å². The lowest BCUT2D eigenvalue weighted by Gasteiger charge is -2.25. The number of fused-ring (bicyclic) bond motifs is 1. The third-order valence-electron chi connectivity index (χ3n) is 3.45. The molecule has 19 heavy (non-hydrogen) atoms. The van der Waals surface area contributed by atoms with E-state index in [4.69, 9.17) is 0 Å². The summed E-state index contributed by atoms with van der Waals surface area (Å²) in [5.41, 5.74) is -0.611. The summed E-state index contributed by atoms with van der Waals surface area (Å²) in [5.74, 6) is 0. The van der Waals surface area contributed by atoms with Gasteiger partial charge in [0.15, 0.2) is 0 Å². The van der Waals surface area contributed by atoms with Crippen LogP contribution < -0.4 is 5.32 Å². The van der Waals surface area contributed by atoms with Gasteiger partial charge in [0.25, 0.3) is 0 Å². The van der Waals surface area contributed by atoms with Crippen LogP contribution in [0.2, 0.25) is 0 Å². The topological polar surface area (TPSA) is 32.3 Å². The Bertz CT molecular complexity index is 499. The van der Waals surface area contributed by atoms with Crippen LogP contribution >= 0.6 is 11.3 Å². The Labute approximate surface area is 119 Å². The summed E-state index contributed by atoms with van der Waals surface area (Å²) < 4.78 is 1.33. The molecule has 2 nitrogen and oxygen atoms in total. The fourth-order valence-corrected chi connectivity index (χ4v) is 3.41. The van der Waals surface area contributed by atoms with Gasteiger partial charge >= 0.3 is 0 Å². The van der Waals surface area contributed by atoms with Crippen LogP contribution in [0.1, 0.15) is 44.5 Å². The van der Waals surface area contributed by atoms with E-state index in [1.165, 1.54) is 15.0 Å². The maximum absolute atomic E-state index is 10.2. The Kier molecular flexibility index (Phi) is 4.61. The minimum Gasteiger partial charge on any atom is -0.389 e. The Balaban J connectivity index is 2.01. The third kappa shape index (κ3) is 3.78. The summed E-state index contributed by atoms with van der Waals surface area (Å²) in [6, 6.07) is 11.0. The lowest BCUT2D eigenvalue weighted by Crippen LogP contribution is -2.38. The van der Waals surface area contributed by atoms with E-state index in [1.807, 2.05) is 18.3 Å². The lowest BCUT2D eigenvalue weighted by molar-refractivity contribution is 0.0478. The lowest BCUT2D eigenvalue weighted by atomic mass is 10.0. The van der Waals surface area contributed by atoms with Gasteiger partial charge in [0, 0.05) is 22.2 Å². The average Bonchev–Trinajstić information content (AvgIpc) is 2.79. The summed E-state index contributed by atoms with van der Waals surface area (Å²) in [6.45, 7) is 6.80. The first-order chi connectivity index (χ1) is 9.02. The normalized spacial score (nSPS) is 16.4. The molecule has 0 aliphatic rings. The van der Waals surface area contributed by atoms with Crippen molar-refractivity contribution in [1.29, 1.82) is 0 Å². The van der Waals surface area contributed by atoms with E-state index in [2.05, 4.69) is 49.5 Å². The highest BCUT2D eigenvalue weighted by molar-refractivity contribution is 7.19. The Morgan fingerprint density at radius 2 is 2.11 bits per heavy atom. The van der Waals surface area contributed by atoms with Crippen LogP contribution in [0.5, 0.6) is 0 Å². The smallest absolute Gasteiger partial charge is 0.0743 e. The molecule has 0 radical (unpaired) electrons. The van der Waals surface area contributed by atoms with Gasteiger partial charge < -0.3 is 10.4 Å². The van der Waals surface area contributed by atoms with E-state index in [1.54, 1.807) is 0 Å². The van der Waals surface area contributed by atoms with E-state index in [0.717, 1.165) is 12.8 Å². The van der Waals surface area contributed by atoms with Crippen LogP contribution in [-0.2, 0) is 0 Å². The van der Waals surface area contributed by atoms with Crippen LogP contribution in [0.4, 0.5) is 0 Å². The van der Waals surface area contributed by atoms with Crippen molar-refractivity contribution in [3.63, 3.8) is 0 Å². The molecule has 0 fully saturated rings. The molecule has 2 atom stereocenters. The molecule has 1 aromatic heterocycles. The monoisotopic (exact) mass is 277 g/mol. The average molecular weight is 277 g/mol. The molecule has 0 saturated heterocycles. The molecule has 2 N–H and O–H groups in total. The second-order valence-electron chi connectivity index (χ2n) is 5.54. The zero-order valence-electron chi connectivity index (χ0n) is 11.9. The molecule has 1 aromatic carbocycles. The number of nitrogens with one attached hydrogen (secondary N) is 1. The molecule has 2 rings (SSSR count). The molecule has 0 bridgehead atoms. The van der Waals surface area contributed by atoms with Crippen LogP contribution in [0.3, 0.4) is 0 Å². The Hall–Kier alpha value is -0.900. The summed E-state index contributed by atoms with van der Waals surface area (Å²) in [4.78, 5) is 1.33. The van der Waals surface area contributed by atoms with E-state index < -0.39 is 5.60 Å². The first-order valence-corrected chi connectivity index (χ1v) is 7.78. The summed E-state index contributed by atoms with van der Waals surface area (Å²) >= 11 is 1.83. The largest absolute Gasteiger partial charge is 0.389 e. The fourth-order valence-electron chi connectivity index (χ4n) is 2.32. The Morgan fingerprint density at radius 3 is 2.79 bits per heavy atom. The minimum atomic E-state index is -0.611. The molecule has 104 valence electrons. The SMILES string of the molecule is CCCC(C)(O)CNC(C)c1cc2ccccc2s1. The Morgan fingerprint density at radius 1 is 1.37 bits per heavy atom. The second-order valence-corrected chi connectivity index (χ2v) is 6.65. The zero-order valence-corrected chi connectivity index (χ0v) is 12.8. The predicted molar refractivity (Wildman–Crippen MR) is 83.8 cm³/mol. The summed E-state index contributed by atoms with van der Waals surface area (Å²) in [5, 5.41) is 14.9. The number of benzene rings is 1. The third-order valence-corrected chi connectivity index (χ3v) is 4.75. The number of rotatable bonds is 6. The van der Waals surface area contributed by atoms with Crippen molar-refractivity contribution in [1.82, 2.24) is 5.32 Å². The first-order valence-electron chi connectivity index (χ1n) is 6.96. The second kappa shape index (κ2) is 6.04. The van der Waals surface area contributed by atoms with Gasteiger partial charge in [0.2, 0.25) is 0 Å². The molecule has 0 aliphatic carbocycles. The zero-order chi connectivity index (χ0) is 13.9. The number of hydrogen-bond donors (Lipinski definition) is 2. The minimum absolute atomic E-state index is 0.278. The van der Waals surface area contributed by atoms with Crippen LogP contribution in [0.25, 0.3) is 10.1 Å².